The van der Waals surface area contributed by atoms with Crippen LogP contribution >= 0.6 is 0 Å². The van der Waals surface area contributed by atoms with E-state index in [-0.39, 0.29) is 30.5 Å². The number of carbonyl (C=O) groups excluding carboxylic acids is 1. The topological polar surface area (TPSA) is 114 Å². The summed E-state index contributed by atoms with van der Waals surface area (Å²) in [5.74, 6) is 0.513. The highest BCUT2D eigenvalue weighted by molar-refractivity contribution is 5.74. The molecule has 126 valence electrons. The Morgan fingerprint density at radius 2 is 1.91 bits per heavy atom. The standard InChI is InChI=1S/C15H21N3O5/c19-13-5-1-11(2-6-13)17-15(20)16-9-10-23-14-7-3-12(4-8-14)18(21)22/h3-4,7-8,11,13,19H,1-2,5-6,9-10H2,(H2,16,17,20). The van der Waals surface area contributed by atoms with Crippen LogP contribution in [0.15, 0.2) is 24.3 Å². The molecule has 0 saturated heterocycles. The van der Waals surface area contributed by atoms with Crippen molar-refractivity contribution in [3.05, 3.63) is 34.4 Å². The molecule has 0 radical (unpaired) electrons. The number of benzene rings is 1. The number of ether oxygens (including phenoxy) is 1. The van der Waals surface area contributed by atoms with Gasteiger partial charge in [-0.3, -0.25) is 10.1 Å². The molecular formula is C15H21N3O5. The highest BCUT2D eigenvalue weighted by Crippen LogP contribution is 2.18. The van der Waals surface area contributed by atoms with Crippen LogP contribution < -0.4 is 15.4 Å². The van der Waals surface area contributed by atoms with Gasteiger partial charge in [-0.25, -0.2) is 4.79 Å². The Labute approximate surface area is 134 Å². The van der Waals surface area contributed by atoms with E-state index in [0.717, 1.165) is 12.8 Å². The highest BCUT2D eigenvalue weighted by Gasteiger charge is 2.20. The Kier molecular flexibility index (Phi) is 6.16. The van der Waals surface area contributed by atoms with E-state index >= 15 is 0 Å². The summed E-state index contributed by atoms with van der Waals surface area (Å²) in [7, 11) is 0. The minimum atomic E-state index is -0.472. The minimum absolute atomic E-state index is 0.00690. The van der Waals surface area contributed by atoms with E-state index in [1.165, 1.54) is 24.3 Å². The molecule has 0 aromatic heterocycles. The molecular weight excluding hydrogens is 302 g/mol. The molecule has 8 heteroatoms. The van der Waals surface area contributed by atoms with Gasteiger partial charge in [0.1, 0.15) is 12.4 Å². The lowest BCUT2D eigenvalue weighted by Gasteiger charge is -2.26. The minimum Gasteiger partial charge on any atom is -0.492 e. The summed E-state index contributed by atoms with van der Waals surface area (Å²) in [4.78, 5) is 21.8. The second-order valence-corrected chi connectivity index (χ2v) is 5.51. The van der Waals surface area contributed by atoms with E-state index in [2.05, 4.69) is 10.6 Å². The van der Waals surface area contributed by atoms with E-state index < -0.39 is 4.92 Å². The number of nitro benzene ring substituents is 1. The molecule has 0 heterocycles. The molecule has 23 heavy (non-hydrogen) atoms. The number of hydrogen-bond donors (Lipinski definition) is 3. The van der Waals surface area contributed by atoms with Gasteiger partial charge in [0.05, 0.1) is 17.6 Å². The molecule has 1 aliphatic rings. The number of nitro groups is 1. The number of rotatable bonds is 6. The van der Waals surface area contributed by atoms with Crippen LogP contribution in [0.1, 0.15) is 25.7 Å². The fourth-order valence-electron chi connectivity index (χ4n) is 2.45. The van der Waals surface area contributed by atoms with E-state index in [4.69, 9.17) is 4.74 Å². The Morgan fingerprint density at radius 3 is 2.52 bits per heavy atom. The fourth-order valence-corrected chi connectivity index (χ4v) is 2.45. The molecule has 1 aromatic rings. The normalized spacial score (nSPS) is 20.6. The van der Waals surface area contributed by atoms with Gasteiger partial charge in [-0.2, -0.15) is 0 Å². The van der Waals surface area contributed by atoms with Crippen molar-refractivity contribution in [1.82, 2.24) is 10.6 Å². The van der Waals surface area contributed by atoms with Gasteiger partial charge in [0.25, 0.3) is 5.69 Å². The summed E-state index contributed by atoms with van der Waals surface area (Å²) in [6, 6.07) is 5.63. The molecule has 1 aromatic carbocycles. The second-order valence-electron chi connectivity index (χ2n) is 5.51. The Hall–Kier alpha value is -2.35. The van der Waals surface area contributed by atoms with Gasteiger partial charge < -0.3 is 20.5 Å². The Morgan fingerprint density at radius 1 is 1.26 bits per heavy atom. The first-order valence-corrected chi connectivity index (χ1v) is 7.64. The van der Waals surface area contributed by atoms with Crippen LogP contribution in [-0.2, 0) is 0 Å². The van der Waals surface area contributed by atoms with Gasteiger partial charge >= 0.3 is 6.03 Å². The van der Waals surface area contributed by atoms with Gasteiger partial charge in [0.15, 0.2) is 0 Å². The Balaban J connectivity index is 1.61. The SMILES string of the molecule is O=C(NCCOc1ccc([N+](=O)[O-])cc1)NC1CCC(O)CC1. The summed E-state index contributed by atoms with van der Waals surface area (Å²) in [5.41, 5.74) is 0.00690. The number of carbonyl (C=O) groups is 1. The van der Waals surface area contributed by atoms with Crippen molar-refractivity contribution in [2.45, 2.75) is 37.8 Å². The zero-order valence-electron chi connectivity index (χ0n) is 12.7. The number of non-ortho nitro benzene ring substituents is 1. The number of nitrogens with one attached hydrogen (secondary N) is 2. The monoisotopic (exact) mass is 323 g/mol. The van der Waals surface area contributed by atoms with Crippen molar-refractivity contribution in [2.75, 3.05) is 13.2 Å². The maximum Gasteiger partial charge on any atom is 0.315 e. The number of aliphatic hydroxyl groups excluding tert-OH is 1. The van der Waals surface area contributed by atoms with Crippen molar-refractivity contribution in [1.29, 1.82) is 0 Å². The molecule has 1 aliphatic carbocycles. The molecule has 2 amide bonds. The number of aliphatic hydroxyl groups is 1. The smallest absolute Gasteiger partial charge is 0.315 e. The molecule has 1 saturated carbocycles. The maximum atomic E-state index is 11.7. The van der Waals surface area contributed by atoms with Gasteiger partial charge in [-0.1, -0.05) is 0 Å². The first-order chi connectivity index (χ1) is 11.0. The highest BCUT2D eigenvalue weighted by atomic mass is 16.6. The summed E-state index contributed by atoms with van der Waals surface area (Å²) >= 11 is 0. The first kappa shape index (κ1) is 17.0. The van der Waals surface area contributed by atoms with Gasteiger partial charge in [0.2, 0.25) is 0 Å². The molecule has 1 fully saturated rings. The predicted molar refractivity (Wildman–Crippen MR) is 83.4 cm³/mol. The average Bonchev–Trinajstić information content (AvgIpc) is 2.54. The second kappa shape index (κ2) is 8.33. The zero-order chi connectivity index (χ0) is 16.7. The third-order valence-electron chi connectivity index (χ3n) is 3.74. The van der Waals surface area contributed by atoms with Crippen LogP contribution in [0.5, 0.6) is 5.75 Å². The molecule has 3 N–H and O–H groups in total. The predicted octanol–water partition coefficient (Wildman–Crippen LogP) is 1.58. The average molecular weight is 323 g/mol. The van der Waals surface area contributed by atoms with E-state index in [1.54, 1.807) is 0 Å². The number of amides is 2. The quantitative estimate of drug-likeness (QED) is 0.418. The third-order valence-corrected chi connectivity index (χ3v) is 3.74. The number of hydrogen-bond acceptors (Lipinski definition) is 5. The van der Waals surface area contributed by atoms with Crippen LogP contribution in [0, 0.1) is 10.1 Å². The van der Waals surface area contributed by atoms with Crippen molar-refractivity contribution in [3.63, 3.8) is 0 Å². The molecule has 0 unspecified atom stereocenters. The van der Waals surface area contributed by atoms with Crippen molar-refractivity contribution in [2.24, 2.45) is 0 Å². The molecule has 0 bridgehead atoms. The van der Waals surface area contributed by atoms with Gasteiger partial charge in [0, 0.05) is 18.2 Å². The lowest BCUT2D eigenvalue weighted by Crippen LogP contribution is -2.45. The van der Waals surface area contributed by atoms with Crippen LogP contribution in [0.25, 0.3) is 0 Å². The largest absolute Gasteiger partial charge is 0.492 e. The summed E-state index contributed by atoms with van der Waals surface area (Å²) in [5, 5.41) is 25.5. The Bertz CT molecular complexity index is 526. The summed E-state index contributed by atoms with van der Waals surface area (Å²) in [6.07, 6.45) is 2.76. The molecule has 2 rings (SSSR count). The summed E-state index contributed by atoms with van der Waals surface area (Å²) in [6.45, 7) is 0.604. The lowest BCUT2D eigenvalue weighted by atomic mass is 9.93. The lowest BCUT2D eigenvalue weighted by molar-refractivity contribution is -0.384. The van der Waals surface area contributed by atoms with Crippen molar-refractivity contribution in [3.8, 4) is 5.75 Å². The fraction of sp³-hybridized carbons (Fsp3) is 0.533. The van der Waals surface area contributed by atoms with E-state index in [1.807, 2.05) is 0 Å². The van der Waals surface area contributed by atoms with Crippen LogP contribution in [0.3, 0.4) is 0 Å². The van der Waals surface area contributed by atoms with Crippen LogP contribution in [0.4, 0.5) is 10.5 Å². The van der Waals surface area contributed by atoms with Gasteiger partial charge in [-0.05, 0) is 37.8 Å². The zero-order valence-corrected chi connectivity index (χ0v) is 12.7. The molecule has 0 spiro atoms. The summed E-state index contributed by atoms with van der Waals surface area (Å²) < 4.78 is 5.40. The number of urea groups is 1. The third kappa shape index (κ3) is 5.74. The maximum absolute atomic E-state index is 11.7. The van der Waals surface area contributed by atoms with Gasteiger partial charge in [-0.15, -0.1) is 0 Å². The van der Waals surface area contributed by atoms with Crippen molar-refractivity contribution >= 4 is 11.7 Å². The van der Waals surface area contributed by atoms with Crippen LogP contribution in [-0.4, -0.2) is 41.4 Å². The van der Waals surface area contributed by atoms with Crippen molar-refractivity contribution < 1.29 is 19.6 Å². The number of nitrogens with zero attached hydrogens (tertiary/aromatic N) is 1. The van der Waals surface area contributed by atoms with Crippen LogP contribution in [0.2, 0.25) is 0 Å². The molecule has 0 aliphatic heterocycles. The van der Waals surface area contributed by atoms with E-state index in [0.29, 0.717) is 25.1 Å². The molecule has 8 nitrogen and oxygen atoms in total. The first-order valence-electron chi connectivity index (χ1n) is 7.64. The van der Waals surface area contributed by atoms with E-state index in [9.17, 15) is 20.0 Å². The molecule has 0 atom stereocenters.